The summed E-state index contributed by atoms with van der Waals surface area (Å²) in [6, 6.07) is 14.0. The Morgan fingerprint density at radius 2 is 1.96 bits per heavy atom. The normalized spacial score (nSPS) is 16.3. The molecule has 1 aliphatic heterocycles. The summed E-state index contributed by atoms with van der Waals surface area (Å²) in [6.45, 7) is 1.66. The van der Waals surface area contributed by atoms with Crippen molar-refractivity contribution in [1.29, 1.82) is 0 Å². The molecule has 2 amide bonds. The number of benzene rings is 2. The van der Waals surface area contributed by atoms with Crippen molar-refractivity contribution in [3.05, 3.63) is 59.1 Å². The van der Waals surface area contributed by atoms with E-state index < -0.39 is 6.04 Å². The highest BCUT2D eigenvalue weighted by molar-refractivity contribution is 6.31. The smallest absolute Gasteiger partial charge is 0.240 e. The Kier molecular flexibility index (Phi) is 8.11. The Morgan fingerprint density at radius 3 is 2.64 bits per heavy atom. The van der Waals surface area contributed by atoms with E-state index in [-0.39, 0.29) is 30.6 Å². The van der Waals surface area contributed by atoms with Crippen LogP contribution in [-0.4, -0.2) is 43.0 Å². The Morgan fingerprint density at radius 1 is 1.25 bits per heavy atom. The fraction of sp³-hybridized carbons (Fsp3) is 0.300. The third kappa shape index (κ3) is 5.61. The summed E-state index contributed by atoms with van der Waals surface area (Å²) >= 11 is 6.20. The molecule has 1 aliphatic rings. The molecule has 0 spiro atoms. The van der Waals surface area contributed by atoms with Crippen LogP contribution in [0.25, 0.3) is 0 Å². The summed E-state index contributed by atoms with van der Waals surface area (Å²) in [5.41, 5.74) is 1.56. The van der Waals surface area contributed by atoms with Gasteiger partial charge < -0.3 is 20.3 Å². The van der Waals surface area contributed by atoms with Gasteiger partial charge in [0.15, 0.2) is 0 Å². The number of ether oxygens (including phenoxy) is 1. The molecule has 0 saturated carbocycles. The van der Waals surface area contributed by atoms with Crippen LogP contribution in [0, 0.1) is 0 Å². The van der Waals surface area contributed by atoms with E-state index in [0.717, 1.165) is 5.56 Å². The standard InChI is InChI=1S/C20H22ClN3O3.ClH/c1-27-16-8-6-15(7-9-16)23-19(25)12-18-20(26)24(11-10-22-18)13-14-4-2-3-5-17(14)21;/h2-9,18,22H,10-13H2,1H3,(H,23,25);1H. The van der Waals surface area contributed by atoms with Crippen LogP contribution in [0.15, 0.2) is 48.5 Å². The van der Waals surface area contributed by atoms with Gasteiger partial charge in [-0.3, -0.25) is 9.59 Å². The second-order valence-electron chi connectivity index (χ2n) is 6.34. The van der Waals surface area contributed by atoms with Crippen molar-refractivity contribution in [2.24, 2.45) is 0 Å². The molecular weight excluding hydrogens is 401 g/mol. The van der Waals surface area contributed by atoms with Crippen molar-refractivity contribution >= 4 is 41.5 Å². The average Bonchev–Trinajstić information content (AvgIpc) is 2.67. The lowest BCUT2D eigenvalue weighted by molar-refractivity contribution is -0.138. The van der Waals surface area contributed by atoms with E-state index >= 15 is 0 Å². The quantitative estimate of drug-likeness (QED) is 0.748. The van der Waals surface area contributed by atoms with Crippen molar-refractivity contribution in [3.8, 4) is 5.75 Å². The molecule has 1 unspecified atom stereocenters. The SMILES string of the molecule is COc1ccc(NC(=O)CC2NCCN(Cc3ccccc3Cl)C2=O)cc1.Cl. The van der Waals surface area contributed by atoms with E-state index in [1.807, 2.05) is 24.3 Å². The number of hydrogen-bond acceptors (Lipinski definition) is 4. The second-order valence-corrected chi connectivity index (χ2v) is 6.75. The van der Waals surface area contributed by atoms with Crippen molar-refractivity contribution in [2.75, 3.05) is 25.5 Å². The number of nitrogens with zero attached hydrogens (tertiary/aromatic N) is 1. The molecule has 2 N–H and O–H groups in total. The summed E-state index contributed by atoms with van der Waals surface area (Å²) in [5.74, 6) is 0.406. The molecule has 150 valence electrons. The van der Waals surface area contributed by atoms with Crippen molar-refractivity contribution in [1.82, 2.24) is 10.2 Å². The molecule has 0 bridgehead atoms. The minimum Gasteiger partial charge on any atom is -0.497 e. The maximum Gasteiger partial charge on any atom is 0.240 e. The molecule has 28 heavy (non-hydrogen) atoms. The van der Waals surface area contributed by atoms with Crippen molar-refractivity contribution < 1.29 is 14.3 Å². The van der Waals surface area contributed by atoms with Gasteiger partial charge in [-0.15, -0.1) is 12.4 Å². The van der Waals surface area contributed by atoms with Gasteiger partial charge >= 0.3 is 0 Å². The summed E-state index contributed by atoms with van der Waals surface area (Å²) in [7, 11) is 1.59. The van der Waals surface area contributed by atoms with Crippen LogP contribution in [0.2, 0.25) is 5.02 Å². The molecule has 6 nitrogen and oxygen atoms in total. The first kappa shape index (κ1) is 22.0. The molecule has 0 radical (unpaired) electrons. The average molecular weight is 424 g/mol. The number of carbonyl (C=O) groups excluding carboxylic acids is 2. The molecule has 2 aromatic carbocycles. The number of rotatable bonds is 6. The maximum absolute atomic E-state index is 12.7. The molecule has 1 fully saturated rings. The summed E-state index contributed by atoms with van der Waals surface area (Å²) in [5, 5.41) is 6.57. The van der Waals surface area contributed by atoms with Gasteiger partial charge in [0, 0.05) is 30.3 Å². The molecule has 1 saturated heterocycles. The fourth-order valence-corrected chi connectivity index (χ4v) is 3.21. The lowest BCUT2D eigenvalue weighted by Crippen LogP contribution is -2.55. The number of amides is 2. The number of anilines is 1. The zero-order valence-corrected chi connectivity index (χ0v) is 17.1. The van der Waals surface area contributed by atoms with Crippen molar-refractivity contribution in [3.63, 3.8) is 0 Å². The fourth-order valence-electron chi connectivity index (χ4n) is 3.01. The van der Waals surface area contributed by atoms with Crippen LogP contribution in [0.5, 0.6) is 5.75 Å². The predicted octanol–water partition coefficient (Wildman–Crippen LogP) is 3.10. The van der Waals surface area contributed by atoms with Gasteiger partial charge in [0.2, 0.25) is 11.8 Å². The van der Waals surface area contributed by atoms with E-state index in [9.17, 15) is 9.59 Å². The summed E-state index contributed by atoms with van der Waals surface area (Å²) in [4.78, 5) is 26.8. The first-order valence-electron chi connectivity index (χ1n) is 8.76. The van der Waals surface area contributed by atoms with Gasteiger partial charge in [0.1, 0.15) is 5.75 Å². The Balaban J connectivity index is 0.00000280. The molecule has 0 aromatic heterocycles. The number of nitrogens with one attached hydrogen (secondary N) is 2. The highest BCUT2D eigenvalue weighted by Gasteiger charge is 2.30. The monoisotopic (exact) mass is 423 g/mol. The van der Waals surface area contributed by atoms with Gasteiger partial charge in [0.05, 0.1) is 19.6 Å². The number of hydrogen-bond donors (Lipinski definition) is 2. The molecule has 8 heteroatoms. The Labute approximate surface area is 175 Å². The molecule has 1 heterocycles. The highest BCUT2D eigenvalue weighted by Crippen LogP contribution is 2.19. The molecule has 0 aliphatic carbocycles. The van der Waals surface area contributed by atoms with E-state index in [2.05, 4.69) is 10.6 Å². The number of carbonyl (C=O) groups is 2. The van der Waals surface area contributed by atoms with E-state index in [1.54, 1.807) is 36.3 Å². The third-order valence-electron chi connectivity index (χ3n) is 4.46. The first-order valence-corrected chi connectivity index (χ1v) is 9.14. The molecule has 3 rings (SSSR count). The van der Waals surface area contributed by atoms with Gasteiger partial charge in [-0.1, -0.05) is 29.8 Å². The predicted molar refractivity (Wildman–Crippen MR) is 112 cm³/mol. The second kappa shape index (κ2) is 10.3. The Hall–Kier alpha value is -2.28. The minimum absolute atomic E-state index is 0. The summed E-state index contributed by atoms with van der Waals surface area (Å²) < 4.78 is 5.10. The number of piperazine rings is 1. The largest absolute Gasteiger partial charge is 0.497 e. The minimum atomic E-state index is -0.542. The topological polar surface area (TPSA) is 70.7 Å². The van der Waals surface area contributed by atoms with E-state index in [1.165, 1.54) is 0 Å². The lowest BCUT2D eigenvalue weighted by atomic mass is 10.1. The molecule has 1 atom stereocenters. The number of halogens is 2. The van der Waals surface area contributed by atoms with Gasteiger partial charge in [0.25, 0.3) is 0 Å². The van der Waals surface area contributed by atoms with Crippen LogP contribution in [0.3, 0.4) is 0 Å². The van der Waals surface area contributed by atoms with Gasteiger partial charge in [-0.05, 0) is 35.9 Å². The van der Waals surface area contributed by atoms with Crippen LogP contribution >= 0.6 is 24.0 Å². The third-order valence-corrected chi connectivity index (χ3v) is 4.83. The molecular formula is C20H23Cl2N3O3. The van der Waals surface area contributed by atoms with Crippen LogP contribution in [0.1, 0.15) is 12.0 Å². The Bertz CT molecular complexity index is 815. The maximum atomic E-state index is 12.7. The lowest BCUT2D eigenvalue weighted by Gasteiger charge is -2.33. The number of methoxy groups -OCH3 is 1. The van der Waals surface area contributed by atoms with Gasteiger partial charge in [-0.25, -0.2) is 0 Å². The highest BCUT2D eigenvalue weighted by atomic mass is 35.5. The van der Waals surface area contributed by atoms with E-state index in [0.29, 0.717) is 36.1 Å². The van der Waals surface area contributed by atoms with E-state index in [4.69, 9.17) is 16.3 Å². The van der Waals surface area contributed by atoms with Gasteiger partial charge in [-0.2, -0.15) is 0 Å². The zero-order chi connectivity index (χ0) is 19.2. The van der Waals surface area contributed by atoms with Crippen LogP contribution < -0.4 is 15.4 Å². The van der Waals surface area contributed by atoms with Crippen molar-refractivity contribution in [2.45, 2.75) is 19.0 Å². The zero-order valence-electron chi connectivity index (χ0n) is 15.5. The van der Waals surface area contributed by atoms with Crippen LogP contribution in [0.4, 0.5) is 5.69 Å². The summed E-state index contributed by atoms with van der Waals surface area (Å²) in [6.07, 6.45) is 0.0733. The first-order chi connectivity index (χ1) is 13.1. The molecule has 2 aromatic rings. The van der Waals surface area contributed by atoms with Crippen LogP contribution in [-0.2, 0) is 16.1 Å².